The first-order valence-corrected chi connectivity index (χ1v) is 14.0. The van der Waals surface area contributed by atoms with E-state index >= 15 is 0 Å². The van der Waals surface area contributed by atoms with Gasteiger partial charge in [0.15, 0.2) is 0 Å². The van der Waals surface area contributed by atoms with Gasteiger partial charge in [0.1, 0.15) is 5.54 Å². The Hall–Kier alpha value is -2.79. The number of likely N-dealkylation sites (tertiary alicyclic amines) is 1. The van der Waals surface area contributed by atoms with Crippen LogP contribution in [-0.4, -0.2) is 64.9 Å². The van der Waals surface area contributed by atoms with Gasteiger partial charge in [0.05, 0.1) is 11.3 Å². The second-order valence-electron chi connectivity index (χ2n) is 11.6. The normalized spacial score (nSPS) is 21.4. The van der Waals surface area contributed by atoms with E-state index in [2.05, 4.69) is 15.2 Å². The van der Waals surface area contributed by atoms with E-state index < -0.39 is 35.5 Å². The van der Waals surface area contributed by atoms with Crippen molar-refractivity contribution < 1.29 is 26.7 Å². The molecule has 1 aliphatic carbocycles. The highest BCUT2D eigenvalue weighted by Crippen LogP contribution is 2.37. The highest BCUT2D eigenvalue weighted by atomic mass is 19.4. The van der Waals surface area contributed by atoms with Gasteiger partial charge in [-0.05, 0) is 60.9 Å². The Morgan fingerprint density at radius 2 is 1.82 bits per heavy atom. The zero-order chi connectivity index (χ0) is 28.5. The van der Waals surface area contributed by atoms with Crippen molar-refractivity contribution in [1.29, 1.82) is 0 Å². The quantitative estimate of drug-likeness (QED) is 0.403. The van der Waals surface area contributed by atoms with Crippen LogP contribution in [0.3, 0.4) is 0 Å². The molecule has 2 fully saturated rings. The topological polar surface area (TPSA) is 74.5 Å². The third-order valence-corrected chi connectivity index (χ3v) is 8.52. The zero-order valence-electron chi connectivity index (χ0n) is 22.5. The van der Waals surface area contributed by atoms with Crippen LogP contribution >= 0.6 is 0 Å². The molecule has 1 saturated carbocycles. The van der Waals surface area contributed by atoms with Crippen LogP contribution in [0.2, 0.25) is 0 Å². The van der Waals surface area contributed by atoms with E-state index in [1.165, 1.54) is 25.1 Å². The summed E-state index contributed by atoms with van der Waals surface area (Å²) in [5, 5.41) is 3.31. The summed E-state index contributed by atoms with van der Waals surface area (Å²) in [4.78, 5) is 21.5. The molecule has 1 unspecified atom stereocenters. The number of carbonyl (C=O) groups excluding carboxylic acids is 1. The zero-order valence-corrected chi connectivity index (χ0v) is 22.5. The lowest BCUT2D eigenvalue weighted by molar-refractivity contribution is -0.139. The molecule has 2 aromatic rings. The summed E-state index contributed by atoms with van der Waals surface area (Å²) in [6.07, 6.45) is -1.07. The van der Waals surface area contributed by atoms with Gasteiger partial charge in [0, 0.05) is 70.4 Å². The van der Waals surface area contributed by atoms with E-state index in [4.69, 9.17) is 5.73 Å². The first-order chi connectivity index (χ1) is 18.9. The second kappa shape index (κ2) is 11.2. The number of alkyl halides is 5. The molecule has 6 nitrogen and oxygen atoms in total. The molecule has 2 aliphatic heterocycles. The number of nitrogens with zero attached hydrogens (tertiary/aromatic N) is 3. The van der Waals surface area contributed by atoms with Gasteiger partial charge in [-0.2, -0.15) is 13.2 Å². The largest absolute Gasteiger partial charge is 0.418 e. The van der Waals surface area contributed by atoms with E-state index in [-0.39, 0.29) is 44.6 Å². The Labute approximate surface area is 231 Å². The van der Waals surface area contributed by atoms with E-state index in [0.29, 0.717) is 18.2 Å². The van der Waals surface area contributed by atoms with E-state index in [1.54, 1.807) is 0 Å². The number of hydrogen-bond donors (Lipinski definition) is 2. The Bertz CT molecular complexity index is 1210. The van der Waals surface area contributed by atoms with Crippen molar-refractivity contribution in [3.05, 3.63) is 58.9 Å². The van der Waals surface area contributed by atoms with Crippen molar-refractivity contribution in [2.24, 2.45) is 11.7 Å². The Kier molecular flexibility index (Phi) is 8.07. The fraction of sp³-hybridized carbons (Fsp3) is 0.586. The van der Waals surface area contributed by atoms with Gasteiger partial charge >= 0.3 is 6.18 Å². The maximum atomic E-state index is 13.9. The second-order valence-corrected chi connectivity index (χ2v) is 11.6. The maximum Gasteiger partial charge on any atom is 0.418 e. The standard InChI is InChI=1S/C29H36F5N5O/c30-28(31)10-15-38(16-11-28)14-9-27(26(35)40,17-25-23(29(32,33)34)4-2-12-36-25)37-24-5-1-3-21-8-13-39(19-22(21)24)18-20-6-7-20/h1-5,12,20,37H,6-11,13-19H2,(H2,35,40). The average molecular weight is 566 g/mol. The SMILES string of the molecule is NC(=O)C(CCN1CCC(F)(F)CC1)(Cc1ncccc1C(F)(F)F)Nc1cccc2c1CN(CC1CC1)CC2. The van der Waals surface area contributed by atoms with Gasteiger partial charge in [0.25, 0.3) is 5.92 Å². The maximum absolute atomic E-state index is 13.9. The molecule has 3 aliphatic rings. The Morgan fingerprint density at radius 3 is 2.50 bits per heavy atom. The minimum atomic E-state index is -4.67. The highest BCUT2D eigenvalue weighted by molar-refractivity contribution is 5.89. The van der Waals surface area contributed by atoms with Crippen LogP contribution in [0.4, 0.5) is 27.6 Å². The van der Waals surface area contributed by atoms with Crippen LogP contribution in [0.5, 0.6) is 0 Å². The Morgan fingerprint density at radius 1 is 1.07 bits per heavy atom. The molecule has 1 aromatic heterocycles. The van der Waals surface area contributed by atoms with Crippen molar-refractivity contribution in [2.75, 3.05) is 38.0 Å². The molecule has 5 rings (SSSR count). The van der Waals surface area contributed by atoms with Crippen LogP contribution in [-0.2, 0) is 30.4 Å². The smallest absolute Gasteiger partial charge is 0.371 e. The van der Waals surface area contributed by atoms with Crippen molar-refractivity contribution >= 4 is 11.6 Å². The van der Waals surface area contributed by atoms with Gasteiger partial charge < -0.3 is 16.0 Å². The number of fused-ring (bicyclic) bond motifs is 1. The molecule has 3 N–H and O–H groups in total. The third kappa shape index (κ3) is 6.74. The number of carbonyl (C=O) groups is 1. The lowest BCUT2D eigenvalue weighted by atomic mass is 9.85. The fourth-order valence-corrected chi connectivity index (χ4v) is 5.88. The molecular weight excluding hydrogens is 529 g/mol. The van der Waals surface area contributed by atoms with Gasteiger partial charge in [-0.15, -0.1) is 0 Å². The van der Waals surface area contributed by atoms with Crippen LogP contribution in [0.25, 0.3) is 0 Å². The average Bonchev–Trinajstić information content (AvgIpc) is 3.72. The van der Waals surface area contributed by atoms with E-state index in [0.717, 1.165) is 36.7 Å². The number of nitrogens with one attached hydrogen (secondary N) is 1. The molecule has 1 atom stereocenters. The molecule has 0 spiro atoms. The summed E-state index contributed by atoms with van der Waals surface area (Å²) in [6, 6.07) is 7.90. The number of nitrogens with two attached hydrogens (primary N) is 1. The van der Waals surface area contributed by atoms with Gasteiger partial charge in [-0.25, -0.2) is 8.78 Å². The molecule has 3 heterocycles. The summed E-state index contributed by atoms with van der Waals surface area (Å²) < 4.78 is 69.3. The van der Waals surface area contributed by atoms with Gasteiger partial charge in [-0.3, -0.25) is 14.7 Å². The molecule has 1 amide bonds. The van der Waals surface area contributed by atoms with Gasteiger partial charge in [-0.1, -0.05) is 12.1 Å². The lowest BCUT2D eigenvalue weighted by Crippen LogP contribution is -2.55. The summed E-state index contributed by atoms with van der Waals surface area (Å²) >= 11 is 0. The third-order valence-electron chi connectivity index (χ3n) is 8.52. The Balaban J connectivity index is 1.47. The lowest BCUT2D eigenvalue weighted by Gasteiger charge is -2.39. The monoisotopic (exact) mass is 565 g/mol. The van der Waals surface area contributed by atoms with Crippen molar-refractivity contribution in [3.8, 4) is 0 Å². The predicted octanol–water partition coefficient (Wildman–Crippen LogP) is 4.87. The fourth-order valence-electron chi connectivity index (χ4n) is 5.88. The van der Waals surface area contributed by atoms with Crippen LogP contribution < -0.4 is 11.1 Å². The summed E-state index contributed by atoms with van der Waals surface area (Å²) in [5.41, 5.74) is 5.96. The molecule has 218 valence electrons. The first-order valence-electron chi connectivity index (χ1n) is 14.0. The number of hydrogen-bond acceptors (Lipinski definition) is 5. The van der Waals surface area contributed by atoms with Crippen LogP contribution in [0.1, 0.15) is 54.5 Å². The highest BCUT2D eigenvalue weighted by Gasteiger charge is 2.43. The molecule has 11 heteroatoms. The van der Waals surface area contributed by atoms with Crippen molar-refractivity contribution in [1.82, 2.24) is 14.8 Å². The van der Waals surface area contributed by atoms with Gasteiger partial charge in [0.2, 0.25) is 5.91 Å². The van der Waals surface area contributed by atoms with Crippen LogP contribution in [0.15, 0.2) is 36.5 Å². The summed E-state index contributed by atoms with van der Waals surface area (Å²) in [7, 11) is 0. The first kappa shape index (κ1) is 28.7. The molecule has 40 heavy (non-hydrogen) atoms. The number of halogens is 5. The van der Waals surface area contributed by atoms with Crippen LogP contribution in [0, 0.1) is 5.92 Å². The van der Waals surface area contributed by atoms with Crippen molar-refractivity contribution in [2.45, 2.75) is 69.1 Å². The number of amides is 1. The minimum Gasteiger partial charge on any atom is -0.371 e. The number of rotatable bonds is 10. The number of anilines is 1. The molecule has 1 aromatic carbocycles. The molecule has 0 bridgehead atoms. The van der Waals surface area contributed by atoms with E-state index in [9.17, 15) is 26.7 Å². The number of aromatic nitrogens is 1. The molecule has 0 radical (unpaired) electrons. The number of primary amides is 1. The molecular formula is C29H36F5N5O. The predicted molar refractivity (Wildman–Crippen MR) is 142 cm³/mol. The summed E-state index contributed by atoms with van der Waals surface area (Å²) in [5.74, 6) is -2.84. The molecule has 1 saturated heterocycles. The number of piperidine rings is 1. The number of pyridine rings is 1. The van der Waals surface area contributed by atoms with Crippen molar-refractivity contribution in [3.63, 3.8) is 0 Å². The number of benzene rings is 1. The minimum absolute atomic E-state index is 0.0389. The van der Waals surface area contributed by atoms with E-state index in [1.807, 2.05) is 23.1 Å². The summed E-state index contributed by atoms with van der Waals surface area (Å²) in [6.45, 7) is 3.09.